The molecule has 0 radical (unpaired) electrons. The van der Waals surface area contributed by atoms with Crippen molar-refractivity contribution in [2.75, 3.05) is 19.6 Å². The van der Waals surface area contributed by atoms with Gasteiger partial charge in [0.15, 0.2) is 0 Å². The molecule has 2 saturated heterocycles. The summed E-state index contributed by atoms with van der Waals surface area (Å²) in [6.07, 6.45) is -1.52. The second-order valence-electron chi connectivity index (χ2n) is 7.40. The predicted molar refractivity (Wildman–Crippen MR) is 90.2 cm³/mol. The van der Waals surface area contributed by atoms with E-state index in [1.807, 2.05) is 11.8 Å². The number of hydrogen-bond donors (Lipinski definition) is 6. The normalized spacial score (nSPS) is 35.3. The second-order valence-corrected chi connectivity index (χ2v) is 7.40. The van der Waals surface area contributed by atoms with Gasteiger partial charge < -0.3 is 20.2 Å². The van der Waals surface area contributed by atoms with Crippen LogP contribution in [0.4, 0.5) is 0 Å². The van der Waals surface area contributed by atoms with Crippen molar-refractivity contribution in [1.82, 2.24) is 9.80 Å². The van der Waals surface area contributed by atoms with Crippen LogP contribution < -0.4 is 16.5 Å². The summed E-state index contributed by atoms with van der Waals surface area (Å²) in [5.41, 5.74) is 11.5. The van der Waals surface area contributed by atoms with E-state index in [9.17, 15) is 24.9 Å². The van der Waals surface area contributed by atoms with E-state index in [0.29, 0.717) is 25.2 Å². The maximum absolute atomic E-state index is 12.3. The summed E-state index contributed by atoms with van der Waals surface area (Å²) in [7, 11) is 0. The number of aliphatic carboxylic acids is 1. The molecule has 6 atom stereocenters. The van der Waals surface area contributed by atoms with Gasteiger partial charge in [-0.2, -0.15) is 0 Å². The number of likely N-dealkylation sites (tertiary alicyclic amines) is 1. The van der Waals surface area contributed by atoms with Crippen LogP contribution >= 0.6 is 0 Å². The van der Waals surface area contributed by atoms with Gasteiger partial charge in [0.05, 0.1) is 18.1 Å². The monoisotopic (exact) mass is 368 g/mol. The van der Waals surface area contributed by atoms with E-state index in [2.05, 4.69) is 4.99 Å². The lowest BCUT2D eigenvalue weighted by molar-refractivity contribution is -0.511. The third-order valence-corrected chi connectivity index (χ3v) is 5.63. The van der Waals surface area contributed by atoms with Gasteiger partial charge in [-0.15, -0.1) is 0 Å². The first kappa shape index (κ1) is 18.6. The van der Waals surface area contributed by atoms with Gasteiger partial charge >= 0.3 is 11.9 Å². The van der Waals surface area contributed by atoms with E-state index in [1.165, 1.54) is 4.90 Å². The fourth-order valence-corrected chi connectivity index (χ4v) is 4.45. The number of carbonyl (C=O) groups excluding carboxylic acids is 1. The van der Waals surface area contributed by atoms with Crippen LogP contribution in [0.3, 0.4) is 0 Å². The number of carbonyl (C=O) groups is 2. The SMILES string of the molecule is CC(O)C1C(=O)N2C(C(=O)O)=C(CN3CC(O)C([NH+]=C(N)N)C3)C(C)C12. The number of fused-ring (bicyclic) bond motifs is 1. The van der Waals surface area contributed by atoms with Gasteiger partial charge in [-0.25, -0.2) is 4.79 Å². The molecule has 0 spiro atoms. The molecule has 0 aromatic rings. The lowest BCUT2D eigenvalue weighted by atomic mass is 9.77. The number of aliphatic hydroxyl groups is 2. The smallest absolute Gasteiger partial charge is 0.352 e. The quantitative estimate of drug-likeness (QED) is 0.161. The maximum atomic E-state index is 12.3. The molecular formula is C16H26N5O5+. The van der Waals surface area contributed by atoms with E-state index in [1.54, 1.807) is 6.92 Å². The Kier molecular flexibility index (Phi) is 4.67. The topological polar surface area (TPSA) is 167 Å². The molecule has 3 aliphatic heterocycles. The minimum absolute atomic E-state index is 0.000185. The lowest BCUT2D eigenvalue weighted by Crippen LogP contribution is -2.86. The summed E-state index contributed by atoms with van der Waals surface area (Å²) in [4.78, 5) is 30.1. The number of guanidine groups is 1. The van der Waals surface area contributed by atoms with Crippen LogP contribution in [0.15, 0.2) is 11.3 Å². The zero-order valence-corrected chi connectivity index (χ0v) is 14.8. The molecule has 0 aliphatic carbocycles. The molecule has 144 valence electrons. The molecule has 3 heterocycles. The summed E-state index contributed by atoms with van der Waals surface area (Å²) >= 11 is 0. The highest BCUT2D eigenvalue weighted by Crippen LogP contribution is 2.47. The first-order valence-electron chi connectivity index (χ1n) is 8.65. The van der Waals surface area contributed by atoms with Crippen molar-refractivity contribution in [3.8, 4) is 0 Å². The molecule has 26 heavy (non-hydrogen) atoms. The van der Waals surface area contributed by atoms with Gasteiger partial charge in [0.25, 0.3) is 0 Å². The number of aliphatic hydroxyl groups excluding tert-OH is 2. The van der Waals surface area contributed by atoms with Gasteiger partial charge in [-0.3, -0.25) is 26.2 Å². The molecule has 10 nitrogen and oxygen atoms in total. The van der Waals surface area contributed by atoms with Crippen molar-refractivity contribution in [3.63, 3.8) is 0 Å². The van der Waals surface area contributed by atoms with Crippen LogP contribution in [0.2, 0.25) is 0 Å². The number of hydrogen-bond acceptors (Lipinski definition) is 5. The second kappa shape index (κ2) is 6.53. The molecule has 6 unspecified atom stereocenters. The van der Waals surface area contributed by atoms with Crippen LogP contribution in [0.5, 0.6) is 0 Å². The van der Waals surface area contributed by atoms with Crippen LogP contribution in [0, 0.1) is 11.8 Å². The van der Waals surface area contributed by atoms with Crippen molar-refractivity contribution >= 4 is 17.8 Å². The molecule has 0 saturated carbocycles. The van der Waals surface area contributed by atoms with E-state index < -0.39 is 24.1 Å². The standard InChI is InChI=1S/C16H25N5O5/c1-6-8(3-20-4-9(10(23)5-20)19-16(17)18)13(15(25)26)21-12(6)11(7(2)22)14(21)24/h6-7,9-12,22-23H,3-5H2,1-2H3,(H,25,26)(H4,17,18,19)/p+1. The summed E-state index contributed by atoms with van der Waals surface area (Å²) in [6.45, 7) is 4.52. The van der Waals surface area contributed by atoms with Crippen LogP contribution in [-0.2, 0) is 9.59 Å². The molecule has 8 N–H and O–H groups in total. The Morgan fingerprint density at radius 2 is 2.04 bits per heavy atom. The minimum atomic E-state index is -1.15. The molecule has 0 bridgehead atoms. The van der Waals surface area contributed by atoms with E-state index in [0.717, 1.165) is 0 Å². The van der Waals surface area contributed by atoms with Gasteiger partial charge in [0.2, 0.25) is 5.91 Å². The van der Waals surface area contributed by atoms with Crippen molar-refractivity contribution in [2.24, 2.45) is 23.3 Å². The molecule has 10 heteroatoms. The number of β-amino-alcohol motifs (C(OH)–C–C–N with tert-alkyl or cyclic N) is 1. The zero-order chi connectivity index (χ0) is 19.3. The number of carboxylic acids is 1. The largest absolute Gasteiger partial charge is 0.477 e. The molecule has 0 aromatic heterocycles. The molecule has 2 fully saturated rings. The molecular weight excluding hydrogens is 342 g/mol. The van der Waals surface area contributed by atoms with Gasteiger partial charge in [-0.05, 0) is 12.5 Å². The van der Waals surface area contributed by atoms with Crippen LogP contribution in [-0.4, -0.2) is 86.9 Å². The first-order chi connectivity index (χ1) is 12.1. The summed E-state index contributed by atoms with van der Waals surface area (Å²) in [6, 6.07) is -0.674. The van der Waals surface area contributed by atoms with Crippen LogP contribution in [0.1, 0.15) is 13.8 Å². The highest BCUT2D eigenvalue weighted by atomic mass is 16.4. The minimum Gasteiger partial charge on any atom is -0.477 e. The Morgan fingerprint density at radius 3 is 2.58 bits per heavy atom. The number of β-lactam (4-membered cyclic amide) rings is 1. The van der Waals surface area contributed by atoms with E-state index >= 15 is 0 Å². The summed E-state index contributed by atoms with van der Waals surface area (Å²) in [5.74, 6) is -2.25. The highest BCUT2D eigenvalue weighted by Gasteiger charge is 2.59. The zero-order valence-electron chi connectivity index (χ0n) is 14.8. The molecule has 1 amide bonds. The number of rotatable bonds is 5. The highest BCUT2D eigenvalue weighted by molar-refractivity contribution is 6.00. The first-order valence-corrected chi connectivity index (χ1v) is 8.65. The van der Waals surface area contributed by atoms with Crippen molar-refractivity contribution in [3.05, 3.63) is 11.3 Å². The third kappa shape index (κ3) is 2.83. The summed E-state index contributed by atoms with van der Waals surface area (Å²) < 4.78 is 0. The van der Waals surface area contributed by atoms with E-state index in [-0.39, 0.29) is 35.6 Å². The fourth-order valence-electron chi connectivity index (χ4n) is 4.45. The predicted octanol–water partition coefficient (Wildman–Crippen LogP) is -4.42. The number of carboxylic acid groups (broad SMARTS) is 1. The number of nitrogens with two attached hydrogens (primary N) is 2. The summed E-state index contributed by atoms with van der Waals surface area (Å²) in [5, 5.41) is 29.6. The molecule has 0 aromatic carbocycles. The van der Waals surface area contributed by atoms with Gasteiger partial charge in [0.1, 0.15) is 17.8 Å². The number of nitrogens with one attached hydrogen (secondary N) is 1. The Bertz CT molecular complexity index is 687. The fraction of sp³-hybridized carbons (Fsp3) is 0.688. The Hall–Kier alpha value is -2.17. The maximum Gasteiger partial charge on any atom is 0.352 e. The van der Waals surface area contributed by atoms with E-state index in [4.69, 9.17) is 11.5 Å². The van der Waals surface area contributed by atoms with Crippen molar-refractivity contribution in [1.29, 1.82) is 0 Å². The van der Waals surface area contributed by atoms with Gasteiger partial charge in [-0.1, -0.05) is 6.92 Å². The lowest BCUT2D eigenvalue weighted by Gasteiger charge is -2.46. The number of nitrogens with zero attached hydrogens (tertiary/aromatic N) is 2. The molecule has 3 aliphatic rings. The Morgan fingerprint density at radius 1 is 1.38 bits per heavy atom. The average Bonchev–Trinajstić information content (AvgIpc) is 2.96. The molecule has 3 rings (SSSR count). The van der Waals surface area contributed by atoms with Crippen molar-refractivity contribution < 1.29 is 29.9 Å². The van der Waals surface area contributed by atoms with Crippen molar-refractivity contribution in [2.45, 2.75) is 38.1 Å². The van der Waals surface area contributed by atoms with Crippen LogP contribution in [0.25, 0.3) is 0 Å². The Labute approximate surface area is 150 Å². The average molecular weight is 368 g/mol. The third-order valence-electron chi connectivity index (χ3n) is 5.63. The van der Waals surface area contributed by atoms with Gasteiger partial charge in [0, 0.05) is 25.6 Å². The number of amides is 1. The Balaban J connectivity index is 1.82.